The number of hydrogen-bond acceptors (Lipinski definition) is 4. The van der Waals surface area contributed by atoms with Crippen LogP contribution in [0.4, 0.5) is 22.0 Å². The van der Waals surface area contributed by atoms with Crippen LogP contribution in [-0.4, -0.2) is 23.0 Å². The number of thioether (sulfide) groups is 1. The highest BCUT2D eigenvalue weighted by atomic mass is 32.2. The summed E-state index contributed by atoms with van der Waals surface area (Å²) in [6.07, 6.45) is -4.22. The molecule has 0 atom stereocenters. The van der Waals surface area contributed by atoms with Gasteiger partial charge in [-0.2, -0.15) is 18.3 Å². The maximum Gasteiger partial charge on any atom is 0.417 e. The molecule has 1 fully saturated rings. The van der Waals surface area contributed by atoms with Crippen LogP contribution in [-0.2, 0) is 11.0 Å². The largest absolute Gasteiger partial charge is 0.417 e. The molecule has 112 valence electrons. The fourth-order valence-corrected chi connectivity index (χ4v) is 2.07. The van der Waals surface area contributed by atoms with Crippen molar-refractivity contribution in [3.05, 3.63) is 34.9 Å². The van der Waals surface area contributed by atoms with Gasteiger partial charge >= 0.3 is 6.18 Å². The summed E-state index contributed by atoms with van der Waals surface area (Å²) < 4.78 is 64.0. The van der Waals surface area contributed by atoms with Gasteiger partial charge in [-0.1, -0.05) is 11.8 Å². The number of halogens is 5. The standard InChI is InChI=1S/C11H6F5N3OS/c12-7-1-5(6(2-8(7)13)11(14,15)16)3-17-19-10-18-9(20)4-21-10/h1-3H,4H2,(H,18,19,20). The van der Waals surface area contributed by atoms with E-state index in [2.05, 4.69) is 15.5 Å². The molecule has 1 amide bonds. The molecule has 21 heavy (non-hydrogen) atoms. The number of amides is 1. The zero-order valence-electron chi connectivity index (χ0n) is 10.0. The van der Waals surface area contributed by atoms with E-state index in [4.69, 9.17) is 0 Å². The van der Waals surface area contributed by atoms with Crippen LogP contribution in [0.15, 0.2) is 22.3 Å². The first-order valence-corrected chi connectivity index (χ1v) is 6.36. The Morgan fingerprint density at radius 3 is 2.48 bits per heavy atom. The van der Waals surface area contributed by atoms with Crippen molar-refractivity contribution in [3.8, 4) is 0 Å². The van der Waals surface area contributed by atoms with Gasteiger partial charge in [-0.15, -0.1) is 5.10 Å². The lowest BCUT2D eigenvalue weighted by atomic mass is 10.1. The fourth-order valence-electron chi connectivity index (χ4n) is 1.44. The van der Waals surface area contributed by atoms with Gasteiger partial charge in [-0.25, -0.2) is 8.78 Å². The van der Waals surface area contributed by atoms with Gasteiger partial charge in [0.15, 0.2) is 16.8 Å². The average Bonchev–Trinajstić information content (AvgIpc) is 2.78. The van der Waals surface area contributed by atoms with E-state index >= 15 is 0 Å². The Labute approximate surface area is 119 Å². The van der Waals surface area contributed by atoms with Crippen LogP contribution in [0.1, 0.15) is 11.1 Å². The highest BCUT2D eigenvalue weighted by molar-refractivity contribution is 8.15. The van der Waals surface area contributed by atoms with E-state index in [1.54, 1.807) is 0 Å². The first kappa shape index (κ1) is 15.4. The molecule has 1 aliphatic rings. The van der Waals surface area contributed by atoms with Crippen LogP contribution < -0.4 is 5.32 Å². The number of nitrogens with zero attached hydrogens (tertiary/aromatic N) is 2. The molecule has 0 aliphatic carbocycles. The van der Waals surface area contributed by atoms with Crippen LogP contribution in [0.2, 0.25) is 0 Å². The van der Waals surface area contributed by atoms with E-state index in [0.29, 0.717) is 12.3 Å². The number of alkyl halides is 3. The number of carbonyl (C=O) groups excluding carboxylic acids is 1. The Bertz CT molecular complexity index is 641. The molecule has 0 unspecified atom stereocenters. The molecular weight excluding hydrogens is 317 g/mol. The minimum atomic E-state index is -4.86. The fraction of sp³-hybridized carbons (Fsp3) is 0.182. The minimum absolute atomic E-state index is 0.0515. The highest BCUT2D eigenvalue weighted by Crippen LogP contribution is 2.32. The molecule has 1 aromatic carbocycles. The molecule has 1 N–H and O–H groups in total. The van der Waals surface area contributed by atoms with Gasteiger partial charge in [0.25, 0.3) is 0 Å². The molecule has 0 bridgehead atoms. The molecule has 0 spiro atoms. The molecule has 2 rings (SSSR count). The second kappa shape index (κ2) is 5.80. The summed E-state index contributed by atoms with van der Waals surface area (Å²) in [7, 11) is 0. The Kier molecular flexibility index (Phi) is 4.26. The number of benzene rings is 1. The zero-order chi connectivity index (χ0) is 15.6. The number of amidine groups is 1. The van der Waals surface area contributed by atoms with Gasteiger partial charge in [0.1, 0.15) is 0 Å². The van der Waals surface area contributed by atoms with Crippen LogP contribution in [0.3, 0.4) is 0 Å². The lowest BCUT2D eigenvalue weighted by molar-refractivity contribution is -0.137. The quantitative estimate of drug-likeness (QED) is 0.517. The molecule has 1 aromatic rings. The van der Waals surface area contributed by atoms with Crippen LogP contribution in [0.5, 0.6) is 0 Å². The monoisotopic (exact) mass is 323 g/mol. The second-order valence-electron chi connectivity index (χ2n) is 3.84. The van der Waals surface area contributed by atoms with Crippen molar-refractivity contribution in [2.75, 3.05) is 5.75 Å². The maximum atomic E-state index is 13.0. The van der Waals surface area contributed by atoms with E-state index < -0.39 is 28.9 Å². The Morgan fingerprint density at radius 1 is 1.24 bits per heavy atom. The van der Waals surface area contributed by atoms with E-state index in [1.165, 1.54) is 0 Å². The van der Waals surface area contributed by atoms with Gasteiger partial charge < -0.3 is 5.32 Å². The third kappa shape index (κ3) is 3.78. The summed E-state index contributed by atoms with van der Waals surface area (Å²) in [6.45, 7) is 0. The lowest BCUT2D eigenvalue weighted by Crippen LogP contribution is -2.19. The number of carbonyl (C=O) groups is 1. The van der Waals surface area contributed by atoms with Crippen LogP contribution in [0.25, 0.3) is 0 Å². The van der Waals surface area contributed by atoms with Gasteiger partial charge in [0.2, 0.25) is 5.91 Å². The van der Waals surface area contributed by atoms with Gasteiger partial charge in [-0.3, -0.25) is 4.79 Å². The van der Waals surface area contributed by atoms with Gasteiger partial charge in [-0.05, 0) is 12.1 Å². The summed E-state index contributed by atoms with van der Waals surface area (Å²) in [5.41, 5.74) is -2.03. The van der Waals surface area contributed by atoms with Crippen molar-refractivity contribution in [3.63, 3.8) is 0 Å². The molecule has 4 nitrogen and oxygen atoms in total. The summed E-state index contributed by atoms with van der Waals surface area (Å²) in [4.78, 5) is 10.8. The third-order valence-corrected chi connectivity index (χ3v) is 3.19. The van der Waals surface area contributed by atoms with Gasteiger partial charge in [0, 0.05) is 5.56 Å². The van der Waals surface area contributed by atoms with Gasteiger partial charge in [0.05, 0.1) is 17.5 Å². The van der Waals surface area contributed by atoms with Crippen molar-refractivity contribution in [2.24, 2.45) is 10.2 Å². The number of hydrogen-bond donors (Lipinski definition) is 1. The summed E-state index contributed by atoms with van der Waals surface area (Å²) in [6, 6.07) is 0.429. The molecule has 1 aliphatic heterocycles. The second-order valence-corrected chi connectivity index (χ2v) is 4.80. The van der Waals surface area contributed by atoms with Crippen LogP contribution >= 0.6 is 11.8 Å². The summed E-state index contributed by atoms with van der Waals surface area (Å²) in [5, 5.41) is 9.25. The van der Waals surface area contributed by atoms with E-state index in [-0.39, 0.29) is 22.9 Å². The molecule has 0 radical (unpaired) electrons. The smallest absolute Gasteiger partial charge is 0.303 e. The third-order valence-electron chi connectivity index (χ3n) is 2.33. The molecular formula is C11H6F5N3OS. The van der Waals surface area contributed by atoms with Crippen molar-refractivity contribution in [2.45, 2.75) is 6.18 Å². The Morgan fingerprint density at radius 2 is 1.90 bits per heavy atom. The Hall–Kier alpha value is -1.97. The molecule has 10 heteroatoms. The van der Waals surface area contributed by atoms with Crippen LogP contribution in [0, 0.1) is 11.6 Å². The molecule has 1 saturated heterocycles. The van der Waals surface area contributed by atoms with E-state index in [9.17, 15) is 26.7 Å². The molecule has 1 heterocycles. The van der Waals surface area contributed by atoms with Crippen molar-refractivity contribution >= 4 is 29.1 Å². The summed E-state index contributed by atoms with van der Waals surface area (Å²) >= 11 is 1.02. The predicted octanol–water partition coefficient (Wildman–Crippen LogP) is 2.54. The first-order valence-electron chi connectivity index (χ1n) is 5.37. The number of rotatable bonds is 2. The molecule has 0 saturated carbocycles. The van der Waals surface area contributed by atoms with Crippen molar-refractivity contribution < 1.29 is 26.7 Å². The normalized spacial score (nSPS) is 17.8. The summed E-state index contributed by atoms with van der Waals surface area (Å²) in [5.74, 6) is -3.21. The average molecular weight is 323 g/mol. The van der Waals surface area contributed by atoms with E-state index in [0.717, 1.165) is 11.8 Å². The van der Waals surface area contributed by atoms with Crippen molar-refractivity contribution in [1.29, 1.82) is 0 Å². The number of nitrogens with one attached hydrogen (secondary N) is 1. The highest BCUT2D eigenvalue weighted by Gasteiger charge is 2.34. The predicted molar refractivity (Wildman–Crippen MR) is 67.0 cm³/mol. The van der Waals surface area contributed by atoms with Crippen molar-refractivity contribution in [1.82, 2.24) is 5.32 Å². The molecule has 0 aromatic heterocycles. The van der Waals surface area contributed by atoms with E-state index in [1.807, 2.05) is 0 Å². The first-order chi connectivity index (χ1) is 9.77. The zero-order valence-corrected chi connectivity index (χ0v) is 10.9. The SMILES string of the molecule is O=C1CSC(=NN=Cc2cc(F)c(F)cc2C(F)(F)F)N1. The topological polar surface area (TPSA) is 53.8 Å². The Balaban J connectivity index is 2.31. The minimum Gasteiger partial charge on any atom is -0.303 e. The maximum absolute atomic E-state index is 13.0. The lowest BCUT2D eigenvalue weighted by Gasteiger charge is -2.10.